The first-order valence-electron chi connectivity index (χ1n) is 6.17. The van der Waals surface area contributed by atoms with Crippen LogP contribution in [0, 0.1) is 6.92 Å². The van der Waals surface area contributed by atoms with Crippen molar-refractivity contribution in [2.45, 2.75) is 13.8 Å². The maximum Gasteiger partial charge on any atom is -0.0158 e. The van der Waals surface area contributed by atoms with Crippen molar-refractivity contribution in [3.05, 3.63) is 83.4 Å². The number of rotatable bonds is 3. The molecule has 18 heavy (non-hydrogen) atoms. The molecule has 0 N–H and O–H groups in total. The molecule has 0 heterocycles. The van der Waals surface area contributed by atoms with Crippen LogP contribution >= 0.6 is 0 Å². The van der Waals surface area contributed by atoms with Crippen molar-refractivity contribution in [3.8, 4) is 0 Å². The van der Waals surface area contributed by atoms with Crippen molar-refractivity contribution in [2.75, 3.05) is 0 Å². The van der Waals surface area contributed by atoms with Crippen LogP contribution < -0.4 is 0 Å². The molecular formula is C18H18. The number of hydrogen-bond acceptors (Lipinski definition) is 0. The predicted molar refractivity (Wildman–Crippen MR) is 80.3 cm³/mol. The van der Waals surface area contributed by atoms with E-state index in [4.69, 9.17) is 0 Å². The molecule has 0 aliphatic heterocycles. The molecule has 0 aliphatic carbocycles. The summed E-state index contributed by atoms with van der Waals surface area (Å²) in [5, 5.41) is 0. The van der Waals surface area contributed by atoms with Gasteiger partial charge in [0.2, 0.25) is 0 Å². The zero-order valence-electron chi connectivity index (χ0n) is 11.0. The molecule has 0 heteroatoms. The summed E-state index contributed by atoms with van der Waals surface area (Å²) in [5.41, 5.74) is 6.00. The number of allylic oxidation sites excluding steroid dienone is 2. The number of aryl methyl sites for hydroxylation is 1. The van der Waals surface area contributed by atoms with Crippen LogP contribution in [-0.2, 0) is 0 Å². The molecule has 2 aromatic carbocycles. The van der Waals surface area contributed by atoms with Crippen LogP contribution in [0.1, 0.15) is 23.6 Å². The third-order valence-electron chi connectivity index (χ3n) is 3.13. The molecule has 2 aromatic rings. The maximum absolute atomic E-state index is 4.21. The monoisotopic (exact) mass is 234 g/mol. The lowest BCUT2D eigenvalue weighted by Gasteiger charge is -2.09. The van der Waals surface area contributed by atoms with Crippen molar-refractivity contribution in [2.24, 2.45) is 0 Å². The SMILES string of the molecule is C=C(/C(C)=C/c1ccccc1)c1ccccc1C. The van der Waals surface area contributed by atoms with E-state index in [1.54, 1.807) is 0 Å². The van der Waals surface area contributed by atoms with Gasteiger partial charge in [-0.3, -0.25) is 0 Å². The normalized spacial score (nSPS) is 11.3. The first kappa shape index (κ1) is 12.4. The molecule has 0 fully saturated rings. The largest absolute Gasteiger partial charge is 0.0909 e. The van der Waals surface area contributed by atoms with Crippen LogP contribution in [0.4, 0.5) is 0 Å². The van der Waals surface area contributed by atoms with Crippen LogP contribution in [0.2, 0.25) is 0 Å². The zero-order valence-corrected chi connectivity index (χ0v) is 11.0. The highest BCUT2D eigenvalue weighted by Gasteiger charge is 2.03. The highest BCUT2D eigenvalue weighted by molar-refractivity contribution is 5.83. The van der Waals surface area contributed by atoms with Crippen LogP contribution in [0.3, 0.4) is 0 Å². The van der Waals surface area contributed by atoms with Gasteiger partial charge in [-0.1, -0.05) is 67.3 Å². The van der Waals surface area contributed by atoms with Crippen LogP contribution in [-0.4, -0.2) is 0 Å². The Hall–Kier alpha value is -2.08. The van der Waals surface area contributed by atoms with Crippen molar-refractivity contribution >= 4 is 11.6 Å². The van der Waals surface area contributed by atoms with E-state index in [1.807, 2.05) is 6.07 Å². The summed E-state index contributed by atoms with van der Waals surface area (Å²) >= 11 is 0. The first-order valence-corrected chi connectivity index (χ1v) is 6.17. The van der Waals surface area contributed by atoms with Gasteiger partial charge in [0, 0.05) is 0 Å². The van der Waals surface area contributed by atoms with Crippen molar-refractivity contribution < 1.29 is 0 Å². The number of benzene rings is 2. The molecule has 0 spiro atoms. The topological polar surface area (TPSA) is 0 Å². The second-order valence-electron chi connectivity index (χ2n) is 4.53. The average Bonchev–Trinajstić information content (AvgIpc) is 2.39. The van der Waals surface area contributed by atoms with Crippen molar-refractivity contribution in [3.63, 3.8) is 0 Å². The van der Waals surface area contributed by atoms with Gasteiger partial charge >= 0.3 is 0 Å². The molecule has 0 aromatic heterocycles. The van der Waals surface area contributed by atoms with E-state index >= 15 is 0 Å². The molecule has 90 valence electrons. The van der Waals surface area contributed by atoms with Crippen LogP contribution in [0.15, 0.2) is 66.7 Å². The Labute approximate surface area is 109 Å². The zero-order chi connectivity index (χ0) is 13.0. The van der Waals surface area contributed by atoms with Crippen LogP contribution in [0.5, 0.6) is 0 Å². The Morgan fingerprint density at radius 3 is 2.22 bits per heavy atom. The van der Waals surface area contributed by atoms with E-state index in [1.165, 1.54) is 22.3 Å². The van der Waals surface area contributed by atoms with Crippen molar-refractivity contribution in [1.29, 1.82) is 0 Å². The van der Waals surface area contributed by atoms with Crippen LogP contribution in [0.25, 0.3) is 11.6 Å². The number of hydrogen-bond donors (Lipinski definition) is 0. The summed E-state index contributed by atoms with van der Waals surface area (Å²) < 4.78 is 0. The van der Waals surface area contributed by atoms with E-state index in [2.05, 4.69) is 75.0 Å². The molecule has 0 atom stereocenters. The summed E-state index contributed by atoms with van der Waals surface area (Å²) in [6, 6.07) is 18.7. The Morgan fingerprint density at radius 2 is 1.56 bits per heavy atom. The van der Waals surface area contributed by atoms with Gasteiger partial charge in [0.15, 0.2) is 0 Å². The fraction of sp³-hybridized carbons (Fsp3) is 0.111. The third-order valence-corrected chi connectivity index (χ3v) is 3.13. The van der Waals surface area contributed by atoms with Gasteiger partial charge in [0.25, 0.3) is 0 Å². The van der Waals surface area contributed by atoms with E-state index in [-0.39, 0.29) is 0 Å². The summed E-state index contributed by atoms with van der Waals surface area (Å²) in [6.07, 6.45) is 2.18. The van der Waals surface area contributed by atoms with E-state index < -0.39 is 0 Å². The Kier molecular flexibility index (Phi) is 3.78. The minimum atomic E-state index is 1.09. The maximum atomic E-state index is 4.21. The molecule has 0 aliphatic rings. The molecule has 0 amide bonds. The lowest BCUT2D eigenvalue weighted by atomic mass is 9.95. The molecule has 0 radical (unpaired) electrons. The van der Waals surface area contributed by atoms with Gasteiger partial charge in [-0.2, -0.15) is 0 Å². The highest BCUT2D eigenvalue weighted by Crippen LogP contribution is 2.25. The summed E-state index contributed by atoms with van der Waals surface area (Å²) in [6.45, 7) is 8.45. The molecule has 0 saturated carbocycles. The molecule has 2 rings (SSSR count). The summed E-state index contributed by atoms with van der Waals surface area (Å²) in [5.74, 6) is 0. The third kappa shape index (κ3) is 2.78. The highest BCUT2D eigenvalue weighted by atomic mass is 14.1. The molecule has 0 saturated heterocycles. The quantitative estimate of drug-likeness (QED) is 0.647. The van der Waals surface area contributed by atoms with Gasteiger partial charge in [-0.05, 0) is 41.7 Å². The predicted octanol–water partition coefficient (Wildman–Crippen LogP) is 5.11. The van der Waals surface area contributed by atoms with Gasteiger partial charge in [0.1, 0.15) is 0 Å². The summed E-state index contributed by atoms with van der Waals surface area (Å²) in [7, 11) is 0. The van der Waals surface area contributed by atoms with E-state index in [0.717, 1.165) is 5.57 Å². The van der Waals surface area contributed by atoms with Gasteiger partial charge < -0.3 is 0 Å². The van der Waals surface area contributed by atoms with Crippen molar-refractivity contribution in [1.82, 2.24) is 0 Å². The standard InChI is InChI=1S/C18H18/c1-14-9-7-8-12-18(14)16(3)15(2)13-17-10-5-4-6-11-17/h4-13H,3H2,1-2H3/b15-13+. The van der Waals surface area contributed by atoms with E-state index in [9.17, 15) is 0 Å². The minimum absolute atomic E-state index is 1.09. The Morgan fingerprint density at radius 1 is 0.944 bits per heavy atom. The smallest absolute Gasteiger partial charge is 0.0158 e. The first-order chi connectivity index (χ1) is 8.68. The second kappa shape index (κ2) is 5.50. The lowest BCUT2D eigenvalue weighted by molar-refractivity contribution is 1.41. The lowest BCUT2D eigenvalue weighted by Crippen LogP contribution is -1.88. The van der Waals surface area contributed by atoms with Gasteiger partial charge in [-0.25, -0.2) is 0 Å². The molecule has 0 unspecified atom stereocenters. The average molecular weight is 234 g/mol. The molecule has 0 bridgehead atoms. The van der Waals surface area contributed by atoms with Gasteiger partial charge in [0.05, 0.1) is 0 Å². The second-order valence-corrected chi connectivity index (χ2v) is 4.53. The fourth-order valence-corrected chi connectivity index (χ4v) is 2.01. The van der Waals surface area contributed by atoms with E-state index in [0.29, 0.717) is 0 Å². The summed E-state index contributed by atoms with van der Waals surface area (Å²) in [4.78, 5) is 0. The Bertz CT molecular complexity index is 574. The molecular weight excluding hydrogens is 216 g/mol. The fourth-order valence-electron chi connectivity index (χ4n) is 2.01. The Balaban J connectivity index is 2.30. The minimum Gasteiger partial charge on any atom is -0.0909 e. The molecule has 0 nitrogen and oxygen atoms in total. The van der Waals surface area contributed by atoms with Gasteiger partial charge in [-0.15, -0.1) is 0 Å².